The number of benzene rings is 1. The highest BCUT2D eigenvalue weighted by atomic mass is 32.2. The summed E-state index contributed by atoms with van der Waals surface area (Å²) in [6.45, 7) is 0. The van der Waals surface area contributed by atoms with Gasteiger partial charge >= 0.3 is 0 Å². The molecule has 1 amide bonds. The summed E-state index contributed by atoms with van der Waals surface area (Å²) in [5, 5.41) is 10.8. The second-order valence-corrected chi connectivity index (χ2v) is 6.75. The summed E-state index contributed by atoms with van der Waals surface area (Å²) in [7, 11) is 0. The van der Waals surface area contributed by atoms with Gasteiger partial charge in [0.1, 0.15) is 0 Å². The van der Waals surface area contributed by atoms with Crippen LogP contribution in [0, 0.1) is 0 Å². The number of thioether (sulfide) groups is 2. The fourth-order valence-electron chi connectivity index (χ4n) is 1.23. The van der Waals surface area contributed by atoms with E-state index in [4.69, 9.17) is 5.73 Å². The molecule has 0 bridgehead atoms. The van der Waals surface area contributed by atoms with Gasteiger partial charge in [-0.15, -0.1) is 10.2 Å². The molecule has 0 radical (unpaired) electrons. The predicted octanol–water partition coefficient (Wildman–Crippen LogP) is 2.57. The van der Waals surface area contributed by atoms with E-state index in [1.54, 1.807) is 36.0 Å². The van der Waals surface area contributed by atoms with Gasteiger partial charge in [-0.3, -0.25) is 4.79 Å². The highest BCUT2D eigenvalue weighted by molar-refractivity contribution is 8.03. The lowest BCUT2D eigenvalue weighted by Gasteiger charge is -2.04. The van der Waals surface area contributed by atoms with Crippen molar-refractivity contribution in [3.63, 3.8) is 0 Å². The van der Waals surface area contributed by atoms with Crippen molar-refractivity contribution in [3.05, 3.63) is 24.3 Å². The number of hydrogen-bond donors (Lipinski definition) is 2. The van der Waals surface area contributed by atoms with Crippen molar-refractivity contribution in [2.45, 2.75) is 8.68 Å². The number of rotatable bonds is 5. The molecule has 0 saturated heterocycles. The molecule has 5 nitrogen and oxygen atoms in total. The lowest BCUT2D eigenvalue weighted by Crippen LogP contribution is -2.13. The minimum atomic E-state index is -0.0735. The van der Waals surface area contributed by atoms with Crippen LogP contribution in [0.1, 0.15) is 0 Å². The average molecular weight is 312 g/mol. The van der Waals surface area contributed by atoms with E-state index in [0.29, 0.717) is 11.4 Å². The Morgan fingerprint density at radius 3 is 2.63 bits per heavy atom. The quantitative estimate of drug-likeness (QED) is 0.652. The number of hydrogen-bond acceptors (Lipinski definition) is 7. The molecule has 1 heterocycles. The Bertz CT molecular complexity index is 555. The van der Waals surface area contributed by atoms with Crippen molar-refractivity contribution in [2.24, 2.45) is 0 Å². The van der Waals surface area contributed by atoms with E-state index in [1.807, 2.05) is 6.26 Å². The third kappa shape index (κ3) is 4.41. The molecule has 0 aliphatic heterocycles. The van der Waals surface area contributed by atoms with Crippen molar-refractivity contribution in [3.8, 4) is 0 Å². The van der Waals surface area contributed by atoms with Gasteiger partial charge in [0, 0.05) is 11.4 Å². The number of nitrogens with one attached hydrogen (secondary N) is 1. The van der Waals surface area contributed by atoms with Crippen molar-refractivity contribution < 1.29 is 4.79 Å². The molecule has 2 aromatic rings. The Labute approximate surface area is 123 Å². The van der Waals surface area contributed by atoms with E-state index < -0.39 is 0 Å². The number of nitrogens with two attached hydrogens (primary N) is 1. The summed E-state index contributed by atoms with van der Waals surface area (Å²) in [5.74, 6) is 0.239. The number of nitrogens with zero attached hydrogens (tertiary/aromatic N) is 2. The van der Waals surface area contributed by atoms with Gasteiger partial charge in [0.2, 0.25) is 5.91 Å². The van der Waals surface area contributed by atoms with E-state index >= 15 is 0 Å². The smallest absolute Gasteiger partial charge is 0.234 e. The second kappa shape index (κ2) is 6.78. The molecule has 0 fully saturated rings. The number of nitrogen functional groups attached to an aromatic ring is 1. The van der Waals surface area contributed by atoms with Crippen molar-refractivity contribution >= 4 is 52.1 Å². The number of carbonyl (C=O) groups excluding carboxylic acids is 1. The van der Waals surface area contributed by atoms with Crippen LogP contribution in [0.2, 0.25) is 0 Å². The van der Waals surface area contributed by atoms with Gasteiger partial charge < -0.3 is 11.1 Å². The molecule has 8 heteroatoms. The summed E-state index contributed by atoms with van der Waals surface area (Å²) >= 11 is 4.42. The maximum atomic E-state index is 11.7. The van der Waals surface area contributed by atoms with Crippen molar-refractivity contribution in [2.75, 3.05) is 23.1 Å². The van der Waals surface area contributed by atoms with E-state index in [9.17, 15) is 4.79 Å². The fourth-order valence-corrected chi connectivity index (χ4v) is 3.47. The fraction of sp³-hybridized carbons (Fsp3) is 0.182. The number of aromatic nitrogens is 2. The normalized spacial score (nSPS) is 10.4. The highest BCUT2D eigenvalue weighted by Crippen LogP contribution is 2.27. The molecule has 0 spiro atoms. The highest BCUT2D eigenvalue weighted by Gasteiger charge is 2.07. The van der Waals surface area contributed by atoms with E-state index in [-0.39, 0.29) is 5.91 Å². The van der Waals surface area contributed by atoms with Crippen LogP contribution >= 0.6 is 34.9 Å². The van der Waals surface area contributed by atoms with Crippen LogP contribution in [0.4, 0.5) is 11.4 Å². The number of amides is 1. The first-order chi connectivity index (χ1) is 9.17. The molecule has 0 saturated carbocycles. The van der Waals surface area contributed by atoms with Gasteiger partial charge in [-0.25, -0.2) is 0 Å². The zero-order valence-electron chi connectivity index (χ0n) is 10.1. The van der Waals surface area contributed by atoms with E-state index in [0.717, 1.165) is 14.4 Å². The van der Waals surface area contributed by atoms with Crippen LogP contribution in [0.25, 0.3) is 0 Å². The molecule has 19 heavy (non-hydrogen) atoms. The van der Waals surface area contributed by atoms with Gasteiger partial charge in [0.05, 0.1) is 5.75 Å². The summed E-state index contributed by atoms with van der Waals surface area (Å²) in [6.07, 6.45) is 1.95. The molecular weight excluding hydrogens is 300 g/mol. The van der Waals surface area contributed by atoms with Crippen LogP contribution in [-0.2, 0) is 4.79 Å². The maximum Gasteiger partial charge on any atom is 0.234 e. The molecule has 0 unspecified atom stereocenters. The molecular formula is C11H12N4OS3. The van der Waals surface area contributed by atoms with E-state index in [1.165, 1.54) is 23.1 Å². The molecule has 0 aliphatic carbocycles. The molecule has 1 aromatic heterocycles. The number of anilines is 2. The number of carbonyl (C=O) groups is 1. The molecule has 3 N–H and O–H groups in total. The third-order valence-electron chi connectivity index (χ3n) is 2.08. The van der Waals surface area contributed by atoms with Crippen molar-refractivity contribution in [1.82, 2.24) is 10.2 Å². The van der Waals surface area contributed by atoms with Crippen LogP contribution < -0.4 is 11.1 Å². The zero-order chi connectivity index (χ0) is 13.7. The van der Waals surface area contributed by atoms with Crippen LogP contribution in [-0.4, -0.2) is 28.1 Å². The Hall–Kier alpha value is -1.25. The Kier molecular flexibility index (Phi) is 5.06. The minimum absolute atomic E-state index is 0.0735. The minimum Gasteiger partial charge on any atom is -0.399 e. The summed E-state index contributed by atoms with van der Waals surface area (Å²) < 4.78 is 1.71. The monoisotopic (exact) mass is 312 g/mol. The Balaban J connectivity index is 1.82. The van der Waals surface area contributed by atoms with Gasteiger partial charge in [0.25, 0.3) is 0 Å². The first-order valence-corrected chi connectivity index (χ1v) is 8.36. The Morgan fingerprint density at radius 2 is 2.00 bits per heavy atom. The summed E-state index contributed by atoms with van der Waals surface area (Å²) in [6, 6.07) is 7.04. The molecule has 0 aliphatic rings. The maximum absolute atomic E-state index is 11.7. The SMILES string of the molecule is CSc1nnc(SCC(=O)Nc2ccc(N)cc2)s1. The van der Waals surface area contributed by atoms with Crippen LogP contribution in [0.15, 0.2) is 32.9 Å². The molecule has 1 aromatic carbocycles. The zero-order valence-corrected chi connectivity index (χ0v) is 12.6. The van der Waals surface area contributed by atoms with Gasteiger partial charge in [-0.05, 0) is 30.5 Å². The van der Waals surface area contributed by atoms with Gasteiger partial charge in [0.15, 0.2) is 8.68 Å². The second-order valence-electron chi connectivity index (χ2n) is 3.50. The molecule has 2 rings (SSSR count). The predicted molar refractivity (Wildman–Crippen MR) is 81.9 cm³/mol. The molecule has 100 valence electrons. The van der Waals surface area contributed by atoms with Gasteiger partial charge in [-0.1, -0.05) is 34.9 Å². The summed E-state index contributed by atoms with van der Waals surface area (Å²) in [4.78, 5) is 11.7. The largest absolute Gasteiger partial charge is 0.399 e. The standard InChI is InChI=1S/C11H12N4OS3/c1-17-10-14-15-11(19-10)18-6-9(16)13-8-4-2-7(12)3-5-8/h2-5H,6,12H2,1H3,(H,13,16). The van der Waals surface area contributed by atoms with Crippen LogP contribution in [0.5, 0.6) is 0 Å². The van der Waals surface area contributed by atoms with Crippen LogP contribution in [0.3, 0.4) is 0 Å². The first kappa shape index (κ1) is 14.2. The van der Waals surface area contributed by atoms with E-state index in [2.05, 4.69) is 15.5 Å². The lowest BCUT2D eigenvalue weighted by molar-refractivity contribution is -0.113. The Morgan fingerprint density at radius 1 is 1.32 bits per heavy atom. The first-order valence-electron chi connectivity index (χ1n) is 5.33. The van der Waals surface area contributed by atoms with Gasteiger partial charge in [-0.2, -0.15) is 0 Å². The average Bonchev–Trinajstić information content (AvgIpc) is 2.87. The third-order valence-corrected chi connectivity index (χ3v) is 5.12. The lowest BCUT2D eigenvalue weighted by atomic mass is 10.3. The van der Waals surface area contributed by atoms with Crippen molar-refractivity contribution in [1.29, 1.82) is 0 Å². The topological polar surface area (TPSA) is 80.9 Å². The molecule has 0 atom stereocenters. The summed E-state index contributed by atoms with van der Waals surface area (Å²) in [5.41, 5.74) is 6.98.